The highest BCUT2D eigenvalue weighted by atomic mass is 16.5. The van der Waals surface area contributed by atoms with E-state index in [-0.39, 0.29) is 24.5 Å². The van der Waals surface area contributed by atoms with Gasteiger partial charge in [0.2, 0.25) is 0 Å². The molecule has 0 saturated carbocycles. The van der Waals surface area contributed by atoms with Crippen LogP contribution in [-0.4, -0.2) is 60.1 Å². The topological polar surface area (TPSA) is 95.9 Å². The summed E-state index contributed by atoms with van der Waals surface area (Å²) < 4.78 is 6.03. The largest absolute Gasteiger partial charge is 0.481 e. The summed E-state index contributed by atoms with van der Waals surface area (Å²) >= 11 is 0. The maximum Gasteiger partial charge on any atom is 0.311 e. The van der Waals surface area contributed by atoms with Gasteiger partial charge in [0, 0.05) is 32.5 Å². The van der Waals surface area contributed by atoms with Crippen LogP contribution >= 0.6 is 0 Å². The molecule has 2 heterocycles. The van der Waals surface area contributed by atoms with Crippen LogP contribution in [0.15, 0.2) is 12.2 Å². The van der Waals surface area contributed by atoms with E-state index in [9.17, 15) is 14.4 Å². The molecule has 27 heavy (non-hydrogen) atoms. The highest BCUT2D eigenvalue weighted by Crippen LogP contribution is 2.44. The summed E-state index contributed by atoms with van der Waals surface area (Å²) in [5.74, 6) is -1.24. The van der Waals surface area contributed by atoms with Crippen LogP contribution < -0.4 is 5.32 Å². The molecule has 7 nitrogen and oxygen atoms in total. The number of carbonyl (C=O) groups is 3. The number of carboxylic acids is 1. The zero-order valence-electron chi connectivity index (χ0n) is 16.4. The molecule has 2 bridgehead atoms. The number of nitrogens with zero attached hydrogens (tertiary/aromatic N) is 1. The van der Waals surface area contributed by atoms with Crippen molar-refractivity contribution in [2.24, 2.45) is 11.8 Å². The van der Waals surface area contributed by atoms with Gasteiger partial charge in [-0.25, -0.2) is 0 Å². The summed E-state index contributed by atoms with van der Waals surface area (Å²) in [6.45, 7) is 3.00. The van der Waals surface area contributed by atoms with Crippen molar-refractivity contribution in [1.29, 1.82) is 0 Å². The minimum atomic E-state index is -0.764. The van der Waals surface area contributed by atoms with Gasteiger partial charge in [-0.1, -0.05) is 19.1 Å². The molecule has 0 spiro atoms. The molecule has 7 heteroatoms. The molecule has 0 aromatic heterocycles. The predicted octanol–water partition coefficient (Wildman–Crippen LogP) is 1.97. The SMILES string of the molecule is CCCN(C)C(=O)C(=O)NC[C@H]1[C@@H](C/C=C\CCCC(=O)O)[C@H]2CC[C@@H]1O2. The first-order valence-corrected chi connectivity index (χ1v) is 9.99. The molecular formula is C20H32N2O5. The van der Waals surface area contributed by atoms with E-state index in [1.165, 1.54) is 4.90 Å². The molecule has 0 radical (unpaired) electrons. The molecule has 2 saturated heterocycles. The molecule has 2 aliphatic heterocycles. The fourth-order valence-corrected chi connectivity index (χ4v) is 4.12. The first-order valence-electron chi connectivity index (χ1n) is 9.99. The van der Waals surface area contributed by atoms with E-state index < -0.39 is 17.8 Å². The number of rotatable bonds is 10. The van der Waals surface area contributed by atoms with Gasteiger partial charge in [0.05, 0.1) is 12.2 Å². The number of carboxylic acid groups (broad SMARTS) is 1. The van der Waals surface area contributed by atoms with Gasteiger partial charge in [-0.15, -0.1) is 0 Å². The van der Waals surface area contributed by atoms with Crippen molar-refractivity contribution in [1.82, 2.24) is 10.2 Å². The summed E-state index contributed by atoms with van der Waals surface area (Å²) in [5, 5.41) is 11.5. The minimum absolute atomic E-state index is 0.157. The number of hydrogen-bond acceptors (Lipinski definition) is 4. The average Bonchev–Trinajstić information content (AvgIpc) is 3.23. The Labute approximate surface area is 161 Å². The van der Waals surface area contributed by atoms with E-state index in [2.05, 4.69) is 11.4 Å². The smallest absolute Gasteiger partial charge is 0.311 e. The third-order valence-corrected chi connectivity index (χ3v) is 5.52. The van der Waals surface area contributed by atoms with Gasteiger partial charge in [-0.3, -0.25) is 14.4 Å². The lowest BCUT2D eigenvalue weighted by molar-refractivity contribution is -0.145. The number of fused-ring (bicyclic) bond motifs is 2. The van der Waals surface area contributed by atoms with Crippen molar-refractivity contribution in [2.45, 2.75) is 64.1 Å². The Bertz CT molecular complexity index is 563. The number of hydrogen-bond donors (Lipinski definition) is 2. The Morgan fingerprint density at radius 3 is 2.56 bits per heavy atom. The Kier molecular flexibility index (Phi) is 8.28. The van der Waals surface area contributed by atoms with Crippen LogP contribution in [0.25, 0.3) is 0 Å². The summed E-state index contributed by atoms with van der Waals surface area (Å²) in [6, 6.07) is 0. The molecule has 0 aromatic rings. The molecule has 2 amide bonds. The first kappa shape index (κ1) is 21.4. The van der Waals surface area contributed by atoms with Crippen molar-refractivity contribution in [3.05, 3.63) is 12.2 Å². The van der Waals surface area contributed by atoms with Crippen LogP contribution in [0.1, 0.15) is 51.9 Å². The molecular weight excluding hydrogens is 348 g/mol. The van der Waals surface area contributed by atoms with Gasteiger partial charge in [0.1, 0.15) is 0 Å². The molecule has 0 aliphatic carbocycles. The molecule has 152 valence electrons. The third kappa shape index (κ3) is 6.06. The lowest BCUT2D eigenvalue weighted by Crippen LogP contribution is -2.45. The van der Waals surface area contributed by atoms with Crippen LogP contribution in [0.5, 0.6) is 0 Å². The van der Waals surface area contributed by atoms with E-state index in [1.807, 2.05) is 13.0 Å². The number of nitrogens with one attached hydrogen (secondary N) is 1. The highest BCUT2D eigenvalue weighted by molar-refractivity contribution is 6.34. The zero-order chi connectivity index (χ0) is 19.8. The van der Waals surface area contributed by atoms with E-state index in [1.54, 1.807) is 7.05 Å². The Morgan fingerprint density at radius 1 is 1.19 bits per heavy atom. The number of allylic oxidation sites excluding steroid dienone is 2. The Balaban J connectivity index is 1.80. The summed E-state index contributed by atoms with van der Waals surface area (Å²) in [6.07, 6.45) is 9.84. The third-order valence-electron chi connectivity index (χ3n) is 5.52. The van der Waals surface area contributed by atoms with E-state index in [0.29, 0.717) is 25.4 Å². The molecule has 2 fully saturated rings. The lowest BCUT2D eigenvalue weighted by Gasteiger charge is -2.27. The minimum Gasteiger partial charge on any atom is -0.481 e. The van der Waals surface area contributed by atoms with Crippen LogP contribution in [0, 0.1) is 11.8 Å². The van der Waals surface area contributed by atoms with E-state index >= 15 is 0 Å². The van der Waals surface area contributed by atoms with Gasteiger partial charge in [-0.05, 0) is 44.4 Å². The predicted molar refractivity (Wildman–Crippen MR) is 101 cm³/mol. The second-order valence-corrected chi connectivity index (χ2v) is 7.55. The molecule has 2 N–H and O–H groups in total. The van der Waals surface area contributed by atoms with Crippen molar-refractivity contribution >= 4 is 17.8 Å². The van der Waals surface area contributed by atoms with E-state index in [0.717, 1.165) is 32.1 Å². The van der Waals surface area contributed by atoms with Crippen molar-refractivity contribution in [3.63, 3.8) is 0 Å². The maximum atomic E-state index is 12.1. The standard InChI is InChI=1S/C20H32N2O5/c1-3-12-22(2)20(26)19(25)21-13-15-14(16-10-11-17(15)27-16)8-6-4-5-7-9-18(23)24/h4,6,14-17H,3,5,7-13H2,1-2H3,(H,21,25)(H,23,24)/b6-4-/t14-,15+,16-,17+/m1/s1. The molecule has 0 aromatic carbocycles. The van der Waals surface area contributed by atoms with Crippen molar-refractivity contribution in [3.8, 4) is 0 Å². The number of ether oxygens (including phenoxy) is 1. The second kappa shape index (κ2) is 10.4. The highest BCUT2D eigenvalue weighted by Gasteiger charge is 2.48. The summed E-state index contributed by atoms with van der Waals surface area (Å²) in [7, 11) is 1.64. The van der Waals surface area contributed by atoms with Crippen LogP contribution in [0.2, 0.25) is 0 Å². The maximum absolute atomic E-state index is 12.1. The van der Waals surface area contributed by atoms with E-state index in [4.69, 9.17) is 9.84 Å². The van der Waals surface area contributed by atoms with Crippen LogP contribution in [0.4, 0.5) is 0 Å². The monoisotopic (exact) mass is 380 g/mol. The summed E-state index contributed by atoms with van der Waals surface area (Å²) in [4.78, 5) is 36.1. The van der Waals surface area contributed by atoms with Crippen molar-refractivity contribution < 1.29 is 24.2 Å². The number of carbonyl (C=O) groups excluding carboxylic acids is 2. The molecule has 4 atom stereocenters. The first-order chi connectivity index (χ1) is 12.9. The normalized spacial score (nSPS) is 26.4. The molecule has 0 unspecified atom stereocenters. The lowest BCUT2D eigenvalue weighted by atomic mass is 9.77. The van der Waals surface area contributed by atoms with Crippen molar-refractivity contribution in [2.75, 3.05) is 20.1 Å². The van der Waals surface area contributed by atoms with Gasteiger partial charge >= 0.3 is 17.8 Å². The molecule has 2 rings (SSSR count). The average molecular weight is 380 g/mol. The zero-order valence-corrected chi connectivity index (χ0v) is 16.4. The number of unbranched alkanes of at least 4 members (excludes halogenated alkanes) is 1. The van der Waals surface area contributed by atoms with Gasteiger partial charge in [-0.2, -0.15) is 0 Å². The van der Waals surface area contributed by atoms with Gasteiger partial charge < -0.3 is 20.1 Å². The number of aliphatic carboxylic acids is 1. The quantitative estimate of drug-likeness (QED) is 0.343. The Hall–Kier alpha value is -1.89. The van der Waals surface area contributed by atoms with Crippen LogP contribution in [0.3, 0.4) is 0 Å². The second-order valence-electron chi connectivity index (χ2n) is 7.55. The van der Waals surface area contributed by atoms with Gasteiger partial charge in [0.25, 0.3) is 0 Å². The van der Waals surface area contributed by atoms with Gasteiger partial charge in [0.15, 0.2) is 0 Å². The molecule has 2 aliphatic rings. The number of amides is 2. The van der Waals surface area contributed by atoms with Crippen LogP contribution in [-0.2, 0) is 19.1 Å². The fraction of sp³-hybridized carbons (Fsp3) is 0.750. The fourth-order valence-electron chi connectivity index (χ4n) is 4.12. The summed E-state index contributed by atoms with van der Waals surface area (Å²) in [5.41, 5.74) is 0. The Morgan fingerprint density at radius 2 is 1.89 bits per heavy atom. The number of likely N-dealkylation sites (N-methyl/N-ethyl adjacent to an activating group) is 1.